The van der Waals surface area contributed by atoms with E-state index in [2.05, 4.69) is 5.32 Å². The van der Waals surface area contributed by atoms with E-state index in [0.717, 1.165) is 26.1 Å². The quantitative estimate of drug-likeness (QED) is 0.914. The highest BCUT2D eigenvalue weighted by Gasteiger charge is 2.18. The number of carbonyl (C=O) groups is 1. The molecule has 1 saturated heterocycles. The highest BCUT2D eigenvalue weighted by atomic mass is 19.1. The van der Waals surface area contributed by atoms with Gasteiger partial charge in [0.1, 0.15) is 5.82 Å². The number of benzene rings is 1. The number of nitrogens with zero attached hydrogens (tertiary/aromatic N) is 1. The van der Waals surface area contributed by atoms with Gasteiger partial charge in [-0.15, -0.1) is 0 Å². The van der Waals surface area contributed by atoms with Gasteiger partial charge < -0.3 is 15.0 Å². The van der Waals surface area contributed by atoms with Crippen LogP contribution in [0.4, 0.5) is 14.9 Å². The number of halogens is 1. The topological polar surface area (TPSA) is 41.6 Å². The lowest BCUT2D eigenvalue weighted by Gasteiger charge is -2.27. The SMILES string of the molecule is CN(CC1CCOCC1)C(=O)Nc1cccc(F)c1. The largest absolute Gasteiger partial charge is 0.381 e. The van der Waals surface area contributed by atoms with Crippen molar-refractivity contribution in [1.29, 1.82) is 0 Å². The Kier molecular flexibility index (Phi) is 4.74. The van der Waals surface area contributed by atoms with E-state index in [4.69, 9.17) is 4.74 Å². The van der Waals surface area contributed by atoms with Gasteiger partial charge in [-0.05, 0) is 37.0 Å². The first-order valence-corrected chi connectivity index (χ1v) is 6.50. The summed E-state index contributed by atoms with van der Waals surface area (Å²) in [6.07, 6.45) is 1.97. The molecule has 19 heavy (non-hydrogen) atoms. The Morgan fingerprint density at radius 2 is 2.21 bits per heavy atom. The van der Waals surface area contributed by atoms with Crippen LogP contribution in [-0.2, 0) is 4.74 Å². The lowest BCUT2D eigenvalue weighted by molar-refractivity contribution is 0.0592. The second-order valence-corrected chi connectivity index (χ2v) is 4.88. The summed E-state index contributed by atoms with van der Waals surface area (Å²) in [5.74, 6) is 0.127. The number of rotatable bonds is 3. The van der Waals surface area contributed by atoms with Crippen LogP contribution in [0.5, 0.6) is 0 Å². The van der Waals surface area contributed by atoms with Gasteiger partial charge in [-0.25, -0.2) is 9.18 Å². The van der Waals surface area contributed by atoms with Crippen LogP contribution < -0.4 is 5.32 Å². The standard InChI is InChI=1S/C14H19FN2O2/c1-17(10-11-5-7-19-8-6-11)14(18)16-13-4-2-3-12(15)9-13/h2-4,9,11H,5-8,10H2,1H3,(H,16,18). The lowest BCUT2D eigenvalue weighted by Crippen LogP contribution is -2.36. The zero-order valence-corrected chi connectivity index (χ0v) is 11.1. The molecule has 2 rings (SSSR count). The van der Waals surface area contributed by atoms with E-state index < -0.39 is 0 Å². The summed E-state index contributed by atoms with van der Waals surface area (Å²) in [5, 5.41) is 2.69. The van der Waals surface area contributed by atoms with Crippen molar-refractivity contribution >= 4 is 11.7 Å². The third-order valence-corrected chi connectivity index (χ3v) is 3.30. The minimum absolute atomic E-state index is 0.211. The number of anilines is 1. The van der Waals surface area contributed by atoms with E-state index >= 15 is 0 Å². The Bertz CT molecular complexity index is 433. The molecule has 4 nitrogen and oxygen atoms in total. The molecule has 0 spiro atoms. The molecule has 1 heterocycles. The Labute approximate surface area is 112 Å². The molecule has 0 bridgehead atoms. The monoisotopic (exact) mass is 266 g/mol. The maximum atomic E-state index is 13.0. The maximum absolute atomic E-state index is 13.0. The molecule has 0 aromatic heterocycles. The molecule has 2 amide bonds. The van der Waals surface area contributed by atoms with Crippen molar-refractivity contribution in [1.82, 2.24) is 4.90 Å². The van der Waals surface area contributed by atoms with Crippen molar-refractivity contribution in [2.24, 2.45) is 5.92 Å². The van der Waals surface area contributed by atoms with Crippen molar-refractivity contribution in [2.75, 3.05) is 32.1 Å². The van der Waals surface area contributed by atoms with Gasteiger partial charge in [0.15, 0.2) is 0 Å². The fraction of sp³-hybridized carbons (Fsp3) is 0.500. The minimum atomic E-state index is -0.357. The number of carbonyl (C=O) groups excluding carboxylic acids is 1. The summed E-state index contributed by atoms with van der Waals surface area (Å²) in [6.45, 7) is 2.23. The van der Waals surface area contributed by atoms with Gasteiger partial charge in [-0.1, -0.05) is 6.07 Å². The molecule has 0 radical (unpaired) electrons. The molecule has 1 aliphatic heterocycles. The fourth-order valence-electron chi connectivity index (χ4n) is 2.18. The van der Waals surface area contributed by atoms with Crippen LogP contribution in [0.25, 0.3) is 0 Å². The Hall–Kier alpha value is -1.62. The molecule has 1 fully saturated rings. The van der Waals surface area contributed by atoms with Crippen molar-refractivity contribution in [2.45, 2.75) is 12.8 Å². The summed E-state index contributed by atoms with van der Waals surface area (Å²) in [6, 6.07) is 5.69. The van der Waals surface area contributed by atoms with Crippen molar-refractivity contribution in [3.63, 3.8) is 0 Å². The van der Waals surface area contributed by atoms with E-state index in [9.17, 15) is 9.18 Å². The molecule has 1 aromatic carbocycles. The predicted octanol–water partition coefficient (Wildman–Crippen LogP) is 2.72. The molecule has 0 aliphatic carbocycles. The van der Waals surface area contributed by atoms with Crippen LogP contribution in [0.2, 0.25) is 0 Å². The van der Waals surface area contributed by atoms with Gasteiger partial charge in [0.05, 0.1) is 0 Å². The first-order chi connectivity index (χ1) is 9.15. The van der Waals surface area contributed by atoms with Crippen molar-refractivity contribution < 1.29 is 13.9 Å². The molecule has 1 N–H and O–H groups in total. The van der Waals surface area contributed by atoms with Crippen LogP contribution >= 0.6 is 0 Å². The zero-order chi connectivity index (χ0) is 13.7. The molecule has 104 valence electrons. The number of urea groups is 1. The molecule has 0 saturated carbocycles. The van der Waals surface area contributed by atoms with Crippen LogP contribution in [0.1, 0.15) is 12.8 Å². The second kappa shape index (κ2) is 6.52. The molecule has 1 aliphatic rings. The van der Waals surface area contributed by atoms with Gasteiger partial charge in [-0.3, -0.25) is 0 Å². The van der Waals surface area contributed by atoms with E-state index in [1.54, 1.807) is 24.1 Å². The maximum Gasteiger partial charge on any atom is 0.321 e. The van der Waals surface area contributed by atoms with Crippen LogP contribution in [0.3, 0.4) is 0 Å². The number of nitrogens with one attached hydrogen (secondary N) is 1. The second-order valence-electron chi connectivity index (χ2n) is 4.88. The number of ether oxygens (including phenoxy) is 1. The number of amides is 2. The Balaban J connectivity index is 1.84. The van der Waals surface area contributed by atoms with E-state index in [-0.39, 0.29) is 11.8 Å². The van der Waals surface area contributed by atoms with Crippen LogP contribution in [0, 0.1) is 11.7 Å². The third kappa shape index (κ3) is 4.21. The Morgan fingerprint density at radius 1 is 1.47 bits per heavy atom. The number of hydrogen-bond donors (Lipinski definition) is 1. The van der Waals surface area contributed by atoms with Gasteiger partial charge >= 0.3 is 6.03 Å². The van der Waals surface area contributed by atoms with Gasteiger partial charge in [0, 0.05) is 32.5 Å². The predicted molar refractivity (Wildman–Crippen MR) is 71.6 cm³/mol. The summed E-state index contributed by atoms with van der Waals surface area (Å²) < 4.78 is 18.3. The molecular weight excluding hydrogens is 247 g/mol. The highest BCUT2D eigenvalue weighted by Crippen LogP contribution is 2.16. The van der Waals surface area contributed by atoms with E-state index in [0.29, 0.717) is 18.2 Å². The first kappa shape index (κ1) is 13.8. The van der Waals surface area contributed by atoms with Crippen molar-refractivity contribution in [3.8, 4) is 0 Å². The van der Waals surface area contributed by atoms with E-state index in [1.807, 2.05) is 0 Å². The summed E-state index contributed by atoms with van der Waals surface area (Å²) in [7, 11) is 1.75. The molecule has 0 atom stereocenters. The summed E-state index contributed by atoms with van der Waals surface area (Å²) in [4.78, 5) is 13.6. The molecule has 1 aromatic rings. The van der Waals surface area contributed by atoms with Crippen LogP contribution in [0.15, 0.2) is 24.3 Å². The number of hydrogen-bond acceptors (Lipinski definition) is 2. The van der Waals surface area contributed by atoms with Gasteiger partial charge in [-0.2, -0.15) is 0 Å². The minimum Gasteiger partial charge on any atom is -0.381 e. The van der Waals surface area contributed by atoms with Crippen molar-refractivity contribution in [3.05, 3.63) is 30.1 Å². The fourth-order valence-corrected chi connectivity index (χ4v) is 2.18. The normalized spacial score (nSPS) is 16.1. The van der Waals surface area contributed by atoms with Crippen LogP contribution in [-0.4, -0.2) is 37.7 Å². The zero-order valence-electron chi connectivity index (χ0n) is 11.1. The molecule has 5 heteroatoms. The average Bonchev–Trinajstić information content (AvgIpc) is 2.40. The van der Waals surface area contributed by atoms with Gasteiger partial charge in [0.25, 0.3) is 0 Å². The first-order valence-electron chi connectivity index (χ1n) is 6.50. The molecule has 0 unspecified atom stereocenters. The lowest BCUT2D eigenvalue weighted by atomic mass is 10.00. The van der Waals surface area contributed by atoms with E-state index in [1.165, 1.54) is 12.1 Å². The smallest absolute Gasteiger partial charge is 0.321 e. The molecular formula is C14H19FN2O2. The highest BCUT2D eigenvalue weighted by molar-refractivity contribution is 5.89. The Morgan fingerprint density at radius 3 is 2.89 bits per heavy atom. The summed E-state index contributed by atoms with van der Waals surface area (Å²) in [5.41, 5.74) is 0.476. The van der Waals surface area contributed by atoms with Gasteiger partial charge in [0.2, 0.25) is 0 Å². The average molecular weight is 266 g/mol. The third-order valence-electron chi connectivity index (χ3n) is 3.30. The summed E-state index contributed by atoms with van der Waals surface area (Å²) >= 11 is 0.